The molecular weight excluding hydrogens is 258 g/mol. The highest BCUT2D eigenvalue weighted by atomic mass is 16.3. The highest BCUT2D eigenvalue weighted by Crippen LogP contribution is 2.30. The predicted molar refractivity (Wildman–Crippen MR) is 89.2 cm³/mol. The van der Waals surface area contributed by atoms with Gasteiger partial charge in [0.15, 0.2) is 0 Å². The Bertz CT molecular complexity index is 390. The van der Waals surface area contributed by atoms with Crippen LogP contribution in [0, 0.1) is 17.8 Å². The fourth-order valence-electron chi connectivity index (χ4n) is 3.58. The van der Waals surface area contributed by atoms with Gasteiger partial charge in [-0.15, -0.1) is 0 Å². The molecule has 0 heterocycles. The van der Waals surface area contributed by atoms with Crippen LogP contribution in [0.25, 0.3) is 0 Å². The Morgan fingerprint density at radius 3 is 2.38 bits per heavy atom. The molecule has 1 aromatic carbocycles. The molecule has 2 heteroatoms. The maximum atomic E-state index is 9.56. The van der Waals surface area contributed by atoms with Crippen molar-refractivity contribution in [2.45, 2.75) is 52.0 Å². The molecule has 2 N–H and O–H groups in total. The van der Waals surface area contributed by atoms with Gasteiger partial charge in [-0.1, -0.05) is 57.0 Å². The van der Waals surface area contributed by atoms with Crippen LogP contribution in [0.3, 0.4) is 0 Å². The van der Waals surface area contributed by atoms with E-state index in [1.165, 1.54) is 37.7 Å². The summed E-state index contributed by atoms with van der Waals surface area (Å²) in [5.74, 6) is 1.83. The fraction of sp³-hybridized carbons (Fsp3) is 0.684. The minimum Gasteiger partial charge on any atom is -0.396 e. The van der Waals surface area contributed by atoms with Crippen molar-refractivity contribution in [2.75, 3.05) is 13.2 Å². The lowest BCUT2D eigenvalue weighted by atomic mass is 9.79. The number of hydrogen-bond acceptors (Lipinski definition) is 2. The standard InChI is InChI=1S/C19H31NO/c1-15(2)12-19(16-8-4-3-5-9-16)20-13-17-10-6-7-11-18(17)14-21/h3-5,8-9,15,17-21H,6-7,10-14H2,1-2H3. The van der Waals surface area contributed by atoms with Crippen molar-refractivity contribution in [1.82, 2.24) is 5.32 Å². The lowest BCUT2D eigenvalue weighted by Crippen LogP contribution is -2.34. The van der Waals surface area contributed by atoms with Crippen molar-refractivity contribution >= 4 is 0 Å². The van der Waals surface area contributed by atoms with E-state index >= 15 is 0 Å². The Balaban J connectivity index is 1.95. The second-order valence-electron chi connectivity index (χ2n) is 6.99. The lowest BCUT2D eigenvalue weighted by Gasteiger charge is -2.32. The van der Waals surface area contributed by atoms with Crippen LogP contribution in [0.5, 0.6) is 0 Å². The van der Waals surface area contributed by atoms with Gasteiger partial charge in [-0.2, -0.15) is 0 Å². The first-order valence-corrected chi connectivity index (χ1v) is 8.60. The number of nitrogens with one attached hydrogen (secondary N) is 1. The first-order chi connectivity index (χ1) is 10.2. The summed E-state index contributed by atoms with van der Waals surface area (Å²) in [6, 6.07) is 11.2. The first kappa shape index (κ1) is 16.5. The van der Waals surface area contributed by atoms with E-state index in [2.05, 4.69) is 49.5 Å². The molecule has 0 aromatic heterocycles. The Morgan fingerprint density at radius 2 is 1.76 bits per heavy atom. The molecule has 0 aliphatic heterocycles. The van der Waals surface area contributed by atoms with Gasteiger partial charge in [0.2, 0.25) is 0 Å². The van der Waals surface area contributed by atoms with E-state index in [9.17, 15) is 5.11 Å². The minimum atomic E-state index is 0.354. The normalized spacial score (nSPS) is 24.2. The number of aliphatic hydroxyl groups is 1. The van der Waals surface area contributed by atoms with Gasteiger partial charge in [0.25, 0.3) is 0 Å². The van der Waals surface area contributed by atoms with E-state index in [0.29, 0.717) is 30.4 Å². The molecule has 0 amide bonds. The second-order valence-corrected chi connectivity index (χ2v) is 6.99. The lowest BCUT2D eigenvalue weighted by molar-refractivity contribution is 0.130. The summed E-state index contributed by atoms with van der Waals surface area (Å²) < 4.78 is 0. The molecule has 3 atom stereocenters. The average molecular weight is 289 g/mol. The topological polar surface area (TPSA) is 32.3 Å². The van der Waals surface area contributed by atoms with Crippen LogP contribution < -0.4 is 5.32 Å². The van der Waals surface area contributed by atoms with Gasteiger partial charge in [-0.25, -0.2) is 0 Å². The number of aliphatic hydroxyl groups excluding tert-OH is 1. The van der Waals surface area contributed by atoms with Crippen LogP contribution in [-0.4, -0.2) is 18.3 Å². The van der Waals surface area contributed by atoms with E-state index in [-0.39, 0.29) is 0 Å². The smallest absolute Gasteiger partial charge is 0.0462 e. The Hall–Kier alpha value is -0.860. The fourth-order valence-corrected chi connectivity index (χ4v) is 3.58. The van der Waals surface area contributed by atoms with Gasteiger partial charge in [0, 0.05) is 12.6 Å². The molecule has 1 aliphatic rings. The van der Waals surface area contributed by atoms with E-state index in [4.69, 9.17) is 0 Å². The van der Waals surface area contributed by atoms with Gasteiger partial charge in [-0.05, 0) is 49.1 Å². The SMILES string of the molecule is CC(C)CC(NCC1CCCCC1CO)c1ccccc1. The molecule has 1 saturated carbocycles. The molecule has 1 aromatic rings. The van der Waals surface area contributed by atoms with Gasteiger partial charge in [0.1, 0.15) is 0 Å². The molecule has 1 fully saturated rings. The molecule has 0 radical (unpaired) electrons. The number of benzene rings is 1. The number of hydrogen-bond donors (Lipinski definition) is 2. The summed E-state index contributed by atoms with van der Waals surface area (Å²) in [7, 11) is 0. The molecule has 118 valence electrons. The maximum Gasteiger partial charge on any atom is 0.0462 e. The summed E-state index contributed by atoms with van der Waals surface area (Å²) in [6.07, 6.45) is 6.24. The molecule has 21 heavy (non-hydrogen) atoms. The summed E-state index contributed by atoms with van der Waals surface area (Å²) in [4.78, 5) is 0. The first-order valence-electron chi connectivity index (χ1n) is 8.60. The van der Waals surface area contributed by atoms with Gasteiger partial charge >= 0.3 is 0 Å². The molecule has 1 aliphatic carbocycles. The van der Waals surface area contributed by atoms with Crippen molar-refractivity contribution in [3.63, 3.8) is 0 Å². The van der Waals surface area contributed by atoms with E-state index < -0.39 is 0 Å². The van der Waals surface area contributed by atoms with Crippen LogP contribution in [-0.2, 0) is 0 Å². The highest BCUT2D eigenvalue weighted by Gasteiger charge is 2.25. The molecule has 0 saturated heterocycles. The van der Waals surface area contributed by atoms with Crippen LogP contribution >= 0.6 is 0 Å². The third kappa shape index (κ3) is 5.12. The van der Waals surface area contributed by atoms with Crippen LogP contribution in [0.4, 0.5) is 0 Å². The zero-order valence-electron chi connectivity index (χ0n) is 13.6. The number of rotatable bonds is 7. The molecule has 2 nitrogen and oxygen atoms in total. The summed E-state index contributed by atoms with van der Waals surface area (Å²) in [5, 5.41) is 13.4. The van der Waals surface area contributed by atoms with Gasteiger partial charge in [0.05, 0.1) is 0 Å². The summed E-state index contributed by atoms with van der Waals surface area (Å²) in [6.45, 7) is 5.97. The Morgan fingerprint density at radius 1 is 1.10 bits per heavy atom. The Kier molecular flexibility index (Phi) is 6.72. The Labute approximate surface area is 130 Å². The predicted octanol–water partition coefficient (Wildman–Crippen LogP) is 4.16. The van der Waals surface area contributed by atoms with E-state index in [1.807, 2.05) is 0 Å². The van der Waals surface area contributed by atoms with Crippen molar-refractivity contribution in [1.29, 1.82) is 0 Å². The van der Waals surface area contributed by atoms with Crippen molar-refractivity contribution in [3.05, 3.63) is 35.9 Å². The quantitative estimate of drug-likeness (QED) is 0.790. The molecule has 3 unspecified atom stereocenters. The van der Waals surface area contributed by atoms with Gasteiger partial charge in [-0.3, -0.25) is 0 Å². The van der Waals surface area contributed by atoms with Crippen molar-refractivity contribution < 1.29 is 5.11 Å². The monoisotopic (exact) mass is 289 g/mol. The molecule has 0 spiro atoms. The third-order valence-electron chi connectivity index (χ3n) is 4.84. The molecular formula is C19H31NO. The highest BCUT2D eigenvalue weighted by molar-refractivity contribution is 5.18. The molecule has 0 bridgehead atoms. The maximum absolute atomic E-state index is 9.56. The zero-order chi connectivity index (χ0) is 15.1. The zero-order valence-corrected chi connectivity index (χ0v) is 13.6. The minimum absolute atomic E-state index is 0.354. The summed E-state index contributed by atoms with van der Waals surface area (Å²) in [5.41, 5.74) is 1.39. The van der Waals surface area contributed by atoms with Crippen molar-refractivity contribution in [2.24, 2.45) is 17.8 Å². The van der Waals surface area contributed by atoms with Gasteiger partial charge < -0.3 is 10.4 Å². The van der Waals surface area contributed by atoms with E-state index in [1.54, 1.807) is 0 Å². The van der Waals surface area contributed by atoms with Crippen LogP contribution in [0.1, 0.15) is 57.6 Å². The second kappa shape index (κ2) is 8.55. The van der Waals surface area contributed by atoms with Crippen LogP contribution in [0.2, 0.25) is 0 Å². The third-order valence-corrected chi connectivity index (χ3v) is 4.84. The molecule has 2 rings (SSSR count). The van der Waals surface area contributed by atoms with E-state index in [0.717, 1.165) is 6.54 Å². The summed E-state index contributed by atoms with van der Waals surface area (Å²) >= 11 is 0. The van der Waals surface area contributed by atoms with Crippen molar-refractivity contribution in [3.8, 4) is 0 Å². The average Bonchev–Trinajstić information content (AvgIpc) is 2.52. The van der Waals surface area contributed by atoms with Crippen LogP contribution in [0.15, 0.2) is 30.3 Å². The largest absolute Gasteiger partial charge is 0.396 e.